The van der Waals surface area contributed by atoms with E-state index in [0.717, 1.165) is 11.1 Å². The van der Waals surface area contributed by atoms with Crippen LogP contribution in [0.15, 0.2) is 52.4 Å². The van der Waals surface area contributed by atoms with Gasteiger partial charge in [0.25, 0.3) is 0 Å². The molecule has 2 aromatic carbocycles. The number of hydrogen-bond donors (Lipinski definition) is 3. The number of nitrogens with zero attached hydrogens (tertiary/aromatic N) is 4. The minimum absolute atomic E-state index is 0.0483. The summed E-state index contributed by atoms with van der Waals surface area (Å²) >= 11 is 13.2. The molecule has 4 N–H and O–H groups in total. The number of rotatable bonds is 12. The average Bonchev–Trinajstić information content (AvgIpc) is 3.56. The van der Waals surface area contributed by atoms with Crippen molar-refractivity contribution in [3.05, 3.63) is 63.8 Å². The number of piperidine rings is 1. The Morgan fingerprint density at radius 2 is 1.89 bits per heavy atom. The van der Waals surface area contributed by atoms with E-state index in [4.69, 9.17) is 33.8 Å². The molecule has 2 aliphatic heterocycles. The number of aromatic nitrogens is 1. The van der Waals surface area contributed by atoms with Crippen LogP contribution in [-0.4, -0.2) is 79.0 Å². The van der Waals surface area contributed by atoms with Gasteiger partial charge in [-0.15, -0.1) is 0 Å². The van der Waals surface area contributed by atoms with Gasteiger partial charge in [0.15, 0.2) is 0 Å². The van der Waals surface area contributed by atoms with E-state index in [1.807, 2.05) is 31.2 Å². The van der Waals surface area contributed by atoms with Crippen LogP contribution < -0.4 is 21.3 Å². The predicted octanol–water partition coefficient (Wildman–Crippen LogP) is 3.96. The molecule has 0 bridgehead atoms. The number of hydrogen-bond acceptors (Lipinski definition) is 8. The minimum Gasteiger partial charge on any atom is -0.487 e. The summed E-state index contributed by atoms with van der Waals surface area (Å²) < 4.78 is 35.3. The summed E-state index contributed by atoms with van der Waals surface area (Å²) in [5.41, 5.74) is 4.15. The number of likely N-dealkylation sites (tertiary alicyclic amines) is 1. The molecule has 252 valence electrons. The monoisotopic (exact) mass is 703 g/mol. The summed E-state index contributed by atoms with van der Waals surface area (Å²) in [6, 6.07) is 11.2. The molecule has 2 amide bonds. The Balaban J connectivity index is 1.22. The second-order valence-corrected chi connectivity index (χ2v) is 14.3. The van der Waals surface area contributed by atoms with Gasteiger partial charge in [-0.3, -0.25) is 14.6 Å². The Hall–Kier alpha value is -3.49. The number of carbonyl (C=O) groups is 2. The Morgan fingerprint density at radius 3 is 2.66 bits per heavy atom. The smallest absolute Gasteiger partial charge is 0.245 e. The van der Waals surface area contributed by atoms with Gasteiger partial charge >= 0.3 is 0 Å². The maximum absolute atomic E-state index is 14.0. The van der Waals surface area contributed by atoms with Gasteiger partial charge in [0.05, 0.1) is 11.4 Å². The molecule has 2 aliphatic rings. The number of hydrazine groups is 1. The number of ether oxygens (including phenoxy) is 1. The molecule has 0 saturated carbocycles. The van der Waals surface area contributed by atoms with Crippen molar-refractivity contribution in [1.29, 1.82) is 0 Å². The number of aliphatic imine (C=N–C) groups is 1. The highest BCUT2D eigenvalue weighted by molar-refractivity contribution is 7.89. The zero-order valence-corrected chi connectivity index (χ0v) is 28.5. The van der Waals surface area contributed by atoms with Crippen LogP contribution in [0.1, 0.15) is 49.8 Å². The Kier molecular flexibility index (Phi) is 11.6. The SMILES string of the molecule is Cc1ccc2cccc(OCc3c(Cl)ccc(S(=O)(=O)N4CCC[C@H]4C(=O)NC4CCN(C(=O)CCCN=CNN)CC4)c3Cl)c2n1. The summed E-state index contributed by atoms with van der Waals surface area (Å²) in [6.45, 7) is 3.53. The summed E-state index contributed by atoms with van der Waals surface area (Å²) in [5, 5.41) is 4.14. The van der Waals surface area contributed by atoms with Gasteiger partial charge in [-0.05, 0) is 63.3 Å². The van der Waals surface area contributed by atoms with Crippen molar-refractivity contribution >= 4 is 62.3 Å². The molecule has 0 unspecified atom stereocenters. The first-order chi connectivity index (χ1) is 22.6. The lowest BCUT2D eigenvalue weighted by Crippen LogP contribution is -2.52. The Labute approximate surface area is 284 Å². The van der Waals surface area contributed by atoms with Crippen LogP contribution in [0.25, 0.3) is 10.9 Å². The number of carbonyl (C=O) groups excluding carboxylic acids is 2. The number of aryl methyl sites for hydroxylation is 1. The van der Waals surface area contributed by atoms with Crippen molar-refractivity contribution in [3.8, 4) is 5.75 Å². The number of sulfonamides is 1. The molecule has 5 rings (SSSR count). The summed E-state index contributed by atoms with van der Waals surface area (Å²) in [5.74, 6) is 5.35. The Morgan fingerprint density at radius 1 is 1.11 bits per heavy atom. The molecule has 15 heteroatoms. The number of fused-ring (bicyclic) bond motifs is 1. The van der Waals surface area contributed by atoms with E-state index in [9.17, 15) is 18.0 Å². The highest BCUT2D eigenvalue weighted by atomic mass is 35.5. The van der Waals surface area contributed by atoms with E-state index in [0.29, 0.717) is 75.0 Å². The quantitative estimate of drug-likeness (QED) is 0.0841. The Bertz CT molecular complexity index is 1750. The largest absolute Gasteiger partial charge is 0.487 e. The maximum Gasteiger partial charge on any atom is 0.245 e. The van der Waals surface area contributed by atoms with Gasteiger partial charge in [-0.2, -0.15) is 4.31 Å². The van der Waals surface area contributed by atoms with Crippen LogP contribution in [0.4, 0.5) is 0 Å². The highest BCUT2D eigenvalue weighted by Gasteiger charge is 2.41. The molecule has 1 aromatic heterocycles. The van der Waals surface area contributed by atoms with Gasteiger partial charge in [0.1, 0.15) is 28.8 Å². The van der Waals surface area contributed by atoms with Crippen molar-refractivity contribution in [3.63, 3.8) is 0 Å². The maximum atomic E-state index is 14.0. The van der Waals surface area contributed by atoms with Crippen LogP contribution in [-0.2, 0) is 26.2 Å². The minimum atomic E-state index is -4.16. The lowest BCUT2D eigenvalue weighted by molar-refractivity contribution is -0.132. The summed E-state index contributed by atoms with van der Waals surface area (Å²) in [4.78, 5) is 36.3. The van der Waals surface area contributed by atoms with Crippen molar-refractivity contribution in [2.24, 2.45) is 10.8 Å². The first kappa shape index (κ1) is 34.8. The molecule has 12 nitrogen and oxygen atoms in total. The van der Waals surface area contributed by atoms with Crippen LogP contribution >= 0.6 is 23.2 Å². The second-order valence-electron chi connectivity index (χ2n) is 11.7. The molecular weight excluding hydrogens is 665 g/mol. The molecule has 3 heterocycles. The van der Waals surface area contributed by atoms with E-state index >= 15 is 0 Å². The van der Waals surface area contributed by atoms with Crippen molar-refractivity contribution < 1.29 is 22.7 Å². The fourth-order valence-electron chi connectivity index (χ4n) is 5.98. The number of nitrogens with one attached hydrogen (secondary N) is 2. The van der Waals surface area contributed by atoms with E-state index in [2.05, 4.69) is 20.7 Å². The van der Waals surface area contributed by atoms with Gasteiger partial charge in [-0.1, -0.05) is 41.4 Å². The third-order valence-corrected chi connectivity index (χ3v) is 11.3. The summed E-state index contributed by atoms with van der Waals surface area (Å²) in [7, 11) is -4.16. The van der Waals surface area contributed by atoms with Crippen molar-refractivity contribution in [2.75, 3.05) is 26.2 Å². The molecular formula is C32H39Cl2N7O5S. The molecule has 0 aliphatic carbocycles. The van der Waals surface area contributed by atoms with Gasteiger partial charge in [0.2, 0.25) is 21.8 Å². The molecule has 0 radical (unpaired) electrons. The number of para-hydroxylation sites is 1. The van der Waals surface area contributed by atoms with Crippen molar-refractivity contribution in [1.82, 2.24) is 24.9 Å². The normalized spacial score (nSPS) is 17.8. The number of nitrogens with two attached hydrogens (primary N) is 1. The van der Waals surface area contributed by atoms with E-state index < -0.39 is 16.1 Å². The standard InChI is InChI=1S/C32H39Cl2N7O5S/c1-21-9-10-22-5-2-7-27(31(22)38-21)46-19-24-25(33)11-12-28(30(24)34)47(44,45)41-16-4-6-26(41)32(43)39-23-13-17-40(18-14-23)29(42)8-3-15-36-20-37-35/h2,5,7,9-12,20,23,26H,3-4,6,8,13-19,35H2,1H3,(H,36,37)(H,39,43)/t26-/m0/s1. The van der Waals surface area contributed by atoms with Crippen LogP contribution in [0.3, 0.4) is 0 Å². The summed E-state index contributed by atoms with van der Waals surface area (Å²) in [6.07, 6.45) is 4.49. The molecule has 1 atom stereocenters. The fourth-order valence-corrected chi connectivity index (χ4v) is 8.50. The third kappa shape index (κ3) is 8.15. The van der Waals surface area contributed by atoms with Crippen molar-refractivity contribution in [2.45, 2.75) is 69.0 Å². The van der Waals surface area contributed by atoms with E-state index in [1.54, 1.807) is 11.0 Å². The zero-order valence-electron chi connectivity index (χ0n) is 26.1. The van der Waals surface area contributed by atoms with Gasteiger partial charge in [-0.25, -0.2) is 19.2 Å². The number of benzene rings is 2. The first-order valence-corrected chi connectivity index (χ1v) is 17.8. The van der Waals surface area contributed by atoms with Crippen LogP contribution in [0.5, 0.6) is 5.75 Å². The van der Waals surface area contributed by atoms with Crippen LogP contribution in [0, 0.1) is 6.92 Å². The van der Waals surface area contributed by atoms with Crippen LogP contribution in [0.2, 0.25) is 10.0 Å². The van der Waals surface area contributed by atoms with E-state index in [-0.39, 0.29) is 45.9 Å². The second kappa shape index (κ2) is 15.6. The number of halogens is 2. The van der Waals surface area contributed by atoms with E-state index in [1.165, 1.54) is 22.8 Å². The lowest BCUT2D eigenvalue weighted by atomic mass is 10.0. The fraction of sp³-hybridized carbons (Fsp3) is 0.438. The number of amides is 2. The highest BCUT2D eigenvalue weighted by Crippen LogP contribution is 2.36. The average molecular weight is 705 g/mol. The molecule has 47 heavy (non-hydrogen) atoms. The third-order valence-electron chi connectivity index (χ3n) is 8.48. The first-order valence-electron chi connectivity index (χ1n) is 15.6. The predicted molar refractivity (Wildman–Crippen MR) is 182 cm³/mol. The number of pyridine rings is 1. The lowest BCUT2D eigenvalue weighted by Gasteiger charge is -2.33. The molecule has 2 fully saturated rings. The molecule has 0 spiro atoms. The molecule has 3 aromatic rings. The van der Waals surface area contributed by atoms with Gasteiger partial charge in [0, 0.05) is 60.3 Å². The topological polar surface area (TPSA) is 159 Å². The zero-order chi connectivity index (χ0) is 33.6. The molecule has 2 saturated heterocycles. The van der Waals surface area contributed by atoms with Gasteiger partial charge < -0.3 is 20.4 Å².